The Hall–Kier alpha value is -1.88. The Balaban J connectivity index is 2.32. The van der Waals surface area contributed by atoms with Crippen LogP contribution in [0, 0.1) is 12.7 Å². The van der Waals surface area contributed by atoms with Crippen molar-refractivity contribution >= 4 is 23.1 Å². The number of aromatic nitrogens is 1. The van der Waals surface area contributed by atoms with Gasteiger partial charge in [-0.1, -0.05) is 16.8 Å². The van der Waals surface area contributed by atoms with Crippen LogP contribution < -0.4 is 5.73 Å². The first-order valence-corrected chi connectivity index (χ1v) is 5.17. The summed E-state index contributed by atoms with van der Waals surface area (Å²) >= 11 is 5.63. The Morgan fingerprint density at radius 3 is 2.82 bits per heavy atom. The molecule has 1 aromatic heterocycles. The van der Waals surface area contributed by atoms with E-state index < -0.39 is 5.82 Å². The van der Waals surface area contributed by atoms with E-state index in [2.05, 4.69) is 10.1 Å². The Morgan fingerprint density at radius 2 is 2.24 bits per heavy atom. The molecule has 0 spiro atoms. The molecule has 2 aromatic rings. The molecule has 0 aliphatic carbocycles. The third kappa shape index (κ3) is 2.62. The van der Waals surface area contributed by atoms with Crippen molar-refractivity contribution in [1.29, 1.82) is 0 Å². The largest absolute Gasteiger partial charge is 0.380 e. The van der Waals surface area contributed by atoms with Crippen LogP contribution in [0.15, 0.2) is 33.8 Å². The summed E-state index contributed by atoms with van der Waals surface area (Å²) in [5, 5.41) is 3.68. The van der Waals surface area contributed by atoms with Gasteiger partial charge >= 0.3 is 0 Å². The minimum atomic E-state index is -0.500. The Labute approximate surface area is 102 Å². The molecule has 4 nitrogen and oxygen atoms in total. The number of amidine groups is 1. The SMILES string of the molecule is Cc1cc(C(N)=Nc2ccc(F)c(Cl)c2)on1. The summed E-state index contributed by atoms with van der Waals surface area (Å²) in [7, 11) is 0. The summed E-state index contributed by atoms with van der Waals surface area (Å²) in [4.78, 5) is 4.05. The van der Waals surface area contributed by atoms with Gasteiger partial charge in [0.1, 0.15) is 5.82 Å². The first-order valence-electron chi connectivity index (χ1n) is 4.79. The third-order valence-corrected chi connectivity index (χ3v) is 2.32. The van der Waals surface area contributed by atoms with Crippen LogP contribution in [0.2, 0.25) is 5.02 Å². The summed E-state index contributed by atoms with van der Waals surface area (Å²) < 4.78 is 17.9. The molecule has 0 amide bonds. The summed E-state index contributed by atoms with van der Waals surface area (Å²) in [6.45, 7) is 1.77. The highest BCUT2D eigenvalue weighted by molar-refractivity contribution is 6.31. The summed E-state index contributed by atoms with van der Waals surface area (Å²) in [5.41, 5.74) is 6.86. The Bertz CT molecular complexity index is 580. The van der Waals surface area contributed by atoms with Crippen molar-refractivity contribution < 1.29 is 8.91 Å². The molecular formula is C11H9ClFN3O. The maximum Gasteiger partial charge on any atom is 0.201 e. The highest BCUT2D eigenvalue weighted by Crippen LogP contribution is 2.21. The molecule has 0 fully saturated rings. The smallest absolute Gasteiger partial charge is 0.201 e. The van der Waals surface area contributed by atoms with Crippen molar-refractivity contribution in [3.05, 3.63) is 46.6 Å². The van der Waals surface area contributed by atoms with Gasteiger partial charge in [0.2, 0.25) is 5.76 Å². The summed E-state index contributed by atoms with van der Waals surface area (Å²) in [5.74, 6) is 0.0240. The molecule has 2 N–H and O–H groups in total. The van der Waals surface area contributed by atoms with Crippen LogP contribution in [-0.4, -0.2) is 11.0 Å². The molecule has 2 rings (SSSR count). The van der Waals surface area contributed by atoms with Gasteiger partial charge in [0.05, 0.1) is 16.4 Å². The number of rotatable bonds is 2. The molecule has 0 unspecified atom stereocenters. The minimum absolute atomic E-state index is 0.00667. The maximum absolute atomic E-state index is 12.9. The predicted octanol–water partition coefficient (Wildman–Crippen LogP) is 2.81. The van der Waals surface area contributed by atoms with Gasteiger partial charge in [-0.2, -0.15) is 0 Å². The van der Waals surface area contributed by atoms with Gasteiger partial charge in [-0.05, 0) is 25.1 Å². The Morgan fingerprint density at radius 1 is 1.47 bits per heavy atom. The number of hydrogen-bond acceptors (Lipinski definition) is 3. The van der Waals surface area contributed by atoms with E-state index in [0.29, 0.717) is 17.1 Å². The van der Waals surface area contributed by atoms with E-state index >= 15 is 0 Å². The van der Waals surface area contributed by atoms with Gasteiger partial charge in [-0.3, -0.25) is 0 Å². The zero-order valence-electron chi connectivity index (χ0n) is 8.95. The van der Waals surface area contributed by atoms with E-state index in [1.807, 2.05) is 0 Å². The van der Waals surface area contributed by atoms with Gasteiger partial charge in [0, 0.05) is 6.07 Å². The number of halogens is 2. The molecule has 17 heavy (non-hydrogen) atoms. The first kappa shape index (κ1) is 11.6. The maximum atomic E-state index is 12.9. The average Bonchev–Trinajstić information content (AvgIpc) is 2.70. The van der Waals surface area contributed by atoms with Crippen LogP contribution in [0.4, 0.5) is 10.1 Å². The second kappa shape index (κ2) is 4.55. The quantitative estimate of drug-likeness (QED) is 0.661. The molecule has 1 heterocycles. The summed E-state index contributed by atoms with van der Waals surface area (Å²) in [6.07, 6.45) is 0. The fraction of sp³-hybridized carbons (Fsp3) is 0.0909. The molecule has 1 aromatic carbocycles. The normalized spacial score (nSPS) is 11.8. The van der Waals surface area contributed by atoms with Crippen molar-refractivity contribution in [1.82, 2.24) is 5.16 Å². The third-order valence-electron chi connectivity index (χ3n) is 2.03. The van der Waals surface area contributed by atoms with Crippen molar-refractivity contribution in [3.8, 4) is 0 Å². The molecular weight excluding hydrogens is 245 g/mol. The van der Waals surface area contributed by atoms with Gasteiger partial charge in [0.15, 0.2) is 5.84 Å². The zero-order valence-corrected chi connectivity index (χ0v) is 9.70. The van der Waals surface area contributed by atoms with Crippen molar-refractivity contribution in [2.45, 2.75) is 6.92 Å². The number of hydrogen-bond donors (Lipinski definition) is 1. The van der Waals surface area contributed by atoms with E-state index in [1.165, 1.54) is 18.2 Å². The molecule has 0 aliphatic heterocycles. The number of nitrogens with zero attached hydrogens (tertiary/aromatic N) is 2. The molecule has 0 saturated heterocycles. The van der Waals surface area contributed by atoms with Gasteiger partial charge in [-0.15, -0.1) is 0 Å². The second-order valence-electron chi connectivity index (χ2n) is 3.43. The summed E-state index contributed by atoms with van der Waals surface area (Å²) in [6, 6.07) is 5.73. The molecule has 0 saturated carbocycles. The first-order chi connectivity index (χ1) is 8.06. The second-order valence-corrected chi connectivity index (χ2v) is 3.84. The van der Waals surface area contributed by atoms with E-state index in [1.54, 1.807) is 13.0 Å². The van der Waals surface area contributed by atoms with Crippen molar-refractivity contribution in [2.24, 2.45) is 10.7 Å². The average molecular weight is 254 g/mol. The number of nitrogens with two attached hydrogens (primary N) is 1. The molecule has 0 aliphatic rings. The van der Waals surface area contributed by atoms with Crippen molar-refractivity contribution in [3.63, 3.8) is 0 Å². The Kier molecular flexibility index (Phi) is 3.10. The zero-order chi connectivity index (χ0) is 12.4. The number of aliphatic imine (C=N–C) groups is 1. The molecule has 88 valence electrons. The van der Waals surface area contributed by atoms with Crippen LogP contribution in [0.25, 0.3) is 0 Å². The predicted molar refractivity (Wildman–Crippen MR) is 63.0 cm³/mol. The van der Waals surface area contributed by atoms with Gasteiger partial charge in [0.25, 0.3) is 0 Å². The highest BCUT2D eigenvalue weighted by atomic mass is 35.5. The van der Waals surface area contributed by atoms with Gasteiger partial charge < -0.3 is 10.3 Å². The van der Waals surface area contributed by atoms with Crippen LogP contribution in [0.3, 0.4) is 0 Å². The van der Waals surface area contributed by atoms with Crippen LogP contribution in [0.5, 0.6) is 0 Å². The highest BCUT2D eigenvalue weighted by Gasteiger charge is 2.06. The van der Waals surface area contributed by atoms with E-state index in [4.69, 9.17) is 21.9 Å². The molecule has 0 bridgehead atoms. The van der Waals surface area contributed by atoms with Gasteiger partial charge in [-0.25, -0.2) is 9.38 Å². The van der Waals surface area contributed by atoms with Crippen LogP contribution >= 0.6 is 11.6 Å². The lowest BCUT2D eigenvalue weighted by Crippen LogP contribution is -2.11. The van der Waals surface area contributed by atoms with E-state index in [9.17, 15) is 4.39 Å². The fourth-order valence-corrected chi connectivity index (χ4v) is 1.41. The van der Waals surface area contributed by atoms with E-state index in [-0.39, 0.29) is 10.9 Å². The van der Waals surface area contributed by atoms with E-state index in [0.717, 1.165) is 0 Å². The number of aryl methyl sites for hydroxylation is 1. The monoisotopic (exact) mass is 253 g/mol. The number of benzene rings is 1. The minimum Gasteiger partial charge on any atom is -0.380 e. The van der Waals surface area contributed by atoms with Crippen LogP contribution in [-0.2, 0) is 0 Å². The standard InChI is InChI=1S/C11H9ClFN3O/c1-6-4-10(17-16-6)11(14)15-7-2-3-9(13)8(12)5-7/h2-5H,1H3,(H2,14,15). The lowest BCUT2D eigenvalue weighted by molar-refractivity contribution is 0.408. The molecule has 6 heteroatoms. The van der Waals surface area contributed by atoms with Crippen LogP contribution in [0.1, 0.15) is 11.5 Å². The topological polar surface area (TPSA) is 64.4 Å². The van der Waals surface area contributed by atoms with Crippen molar-refractivity contribution in [2.75, 3.05) is 0 Å². The fourth-order valence-electron chi connectivity index (χ4n) is 1.23. The molecule has 0 atom stereocenters. The molecule has 0 radical (unpaired) electrons. The lowest BCUT2D eigenvalue weighted by atomic mass is 10.3. The lowest BCUT2D eigenvalue weighted by Gasteiger charge is -1.98.